The number of Topliss-reactive ketones (excluding diaryl/α,β-unsaturated/α-hetero) is 1. The molecule has 250 valence electrons. The molecule has 2 aromatic carbocycles. The van der Waals surface area contributed by atoms with E-state index in [1.165, 1.54) is 4.31 Å². The van der Waals surface area contributed by atoms with E-state index in [1.807, 2.05) is 45.9 Å². The fraction of sp³-hybridized carbons (Fsp3) is 0.568. The Morgan fingerprint density at radius 2 is 1.61 bits per heavy atom. The third kappa shape index (κ3) is 6.18. The second-order valence-corrected chi connectivity index (χ2v) is 16.4. The van der Waals surface area contributed by atoms with Gasteiger partial charge in [0.25, 0.3) is 10.0 Å². The largest absolute Gasteiger partial charge is 0.459 e. The van der Waals surface area contributed by atoms with E-state index < -0.39 is 40.0 Å². The van der Waals surface area contributed by atoms with Gasteiger partial charge in [-0.25, -0.2) is 8.42 Å². The number of carbonyl (C=O) groups is 2. The van der Waals surface area contributed by atoms with E-state index in [2.05, 4.69) is 13.8 Å². The zero-order chi connectivity index (χ0) is 33.6. The predicted molar refractivity (Wildman–Crippen MR) is 177 cm³/mol. The standard InChI is InChI=1S/C37H49NO7S/c1-22(2)28-12-15-32(41)33(29(28)19-25(20-39)21-40)36(42)45-35-31-14-13-30(37(31,5)6)34(35)38(26-17-23(3)16-24(4)18-26)46(43,44)27-10-8-7-9-11-27/h7-11,16-19,22,28-31,33-35,39-40H,12-15,20-21H2,1-6H3/t28-,29-,30-,31+,33+,34+,35-/m1/s1. The number of rotatable bonds is 10. The van der Waals surface area contributed by atoms with E-state index in [1.54, 1.807) is 36.4 Å². The normalized spacial score (nSPS) is 28.7. The highest BCUT2D eigenvalue weighted by Crippen LogP contribution is 2.61. The van der Waals surface area contributed by atoms with Crippen LogP contribution in [0.3, 0.4) is 0 Å². The van der Waals surface area contributed by atoms with E-state index >= 15 is 0 Å². The lowest BCUT2D eigenvalue weighted by Crippen LogP contribution is -2.53. The highest BCUT2D eigenvalue weighted by molar-refractivity contribution is 7.92. The Bertz CT molecular complexity index is 1560. The minimum atomic E-state index is -4.09. The van der Waals surface area contributed by atoms with Crippen molar-refractivity contribution in [3.05, 3.63) is 71.3 Å². The first kappa shape index (κ1) is 34.3. The lowest BCUT2D eigenvalue weighted by Gasteiger charge is -2.41. The molecular formula is C37H49NO7S. The molecule has 46 heavy (non-hydrogen) atoms. The molecule has 0 aliphatic heterocycles. The maximum Gasteiger partial charge on any atom is 0.317 e. The molecule has 3 aliphatic carbocycles. The molecule has 8 nitrogen and oxygen atoms in total. The number of anilines is 1. The summed E-state index contributed by atoms with van der Waals surface area (Å²) in [6.07, 6.45) is 3.34. The van der Waals surface area contributed by atoms with Crippen LogP contribution in [-0.2, 0) is 24.3 Å². The fourth-order valence-electron chi connectivity index (χ4n) is 8.79. The molecule has 9 heteroatoms. The van der Waals surface area contributed by atoms with Gasteiger partial charge >= 0.3 is 5.97 Å². The van der Waals surface area contributed by atoms with Crippen molar-refractivity contribution in [3.8, 4) is 0 Å². The fourth-order valence-corrected chi connectivity index (χ4v) is 10.5. The second kappa shape index (κ2) is 13.2. The molecule has 0 saturated heterocycles. The smallest absolute Gasteiger partial charge is 0.317 e. The van der Waals surface area contributed by atoms with Crippen molar-refractivity contribution in [2.24, 2.45) is 40.9 Å². The zero-order valence-corrected chi connectivity index (χ0v) is 28.7. The van der Waals surface area contributed by atoms with Crippen molar-refractivity contribution in [1.82, 2.24) is 0 Å². The third-order valence-corrected chi connectivity index (χ3v) is 12.9. The second-order valence-electron chi connectivity index (χ2n) is 14.6. The van der Waals surface area contributed by atoms with Crippen molar-refractivity contribution >= 4 is 27.5 Å². The van der Waals surface area contributed by atoms with Crippen LogP contribution < -0.4 is 4.31 Å². The van der Waals surface area contributed by atoms with Crippen molar-refractivity contribution in [3.63, 3.8) is 0 Å². The van der Waals surface area contributed by atoms with Gasteiger partial charge in [-0.15, -0.1) is 0 Å². The van der Waals surface area contributed by atoms with Gasteiger partial charge in [-0.1, -0.05) is 58.0 Å². The molecule has 0 spiro atoms. The topological polar surface area (TPSA) is 121 Å². The number of hydrogen-bond donors (Lipinski definition) is 2. The van der Waals surface area contributed by atoms with Crippen LogP contribution in [0.4, 0.5) is 5.69 Å². The molecule has 3 saturated carbocycles. The number of sulfonamides is 1. The minimum Gasteiger partial charge on any atom is -0.459 e. The Labute approximate surface area is 273 Å². The molecule has 3 fully saturated rings. The third-order valence-electron chi connectivity index (χ3n) is 11.0. The summed E-state index contributed by atoms with van der Waals surface area (Å²) in [6.45, 7) is 11.5. The van der Waals surface area contributed by atoms with Crippen molar-refractivity contribution < 1.29 is 33.0 Å². The van der Waals surface area contributed by atoms with E-state index in [4.69, 9.17) is 4.74 Å². The molecule has 0 aromatic heterocycles. The predicted octanol–water partition coefficient (Wildman–Crippen LogP) is 5.62. The zero-order valence-electron chi connectivity index (χ0n) is 27.8. The first-order valence-electron chi connectivity index (χ1n) is 16.5. The molecule has 0 heterocycles. The van der Waals surface area contributed by atoms with Crippen molar-refractivity contribution in [2.45, 2.75) is 84.3 Å². The number of ketones is 1. The van der Waals surface area contributed by atoms with Crippen LogP contribution >= 0.6 is 0 Å². The number of aryl methyl sites for hydroxylation is 2. The van der Waals surface area contributed by atoms with E-state index in [9.17, 15) is 28.2 Å². The minimum absolute atomic E-state index is 0.0270. The van der Waals surface area contributed by atoms with Crippen LogP contribution in [0.2, 0.25) is 0 Å². The van der Waals surface area contributed by atoms with Crippen LogP contribution in [0.25, 0.3) is 0 Å². The van der Waals surface area contributed by atoms with Gasteiger partial charge in [0.1, 0.15) is 17.8 Å². The number of benzene rings is 2. The number of ether oxygens (including phenoxy) is 1. The highest BCUT2D eigenvalue weighted by Gasteiger charge is 2.64. The monoisotopic (exact) mass is 651 g/mol. The molecule has 0 radical (unpaired) electrons. The number of esters is 1. The van der Waals surface area contributed by atoms with Gasteiger partial charge in [0.05, 0.1) is 29.8 Å². The lowest BCUT2D eigenvalue weighted by atomic mass is 9.66. The molecule has 2 bridgehead atoms. The average molecular weight is 652 g/mol. The van der Waals surface area contributed by atoms with Crippen molar-refractivity contribution in [2.75, 3.05) is 17.5 Å². The SMILES string of the molecule is Cc1cc(C)cc(N([C@@H]2[C@H](OC(=O)[C@@H]3C(=O)CC[C@H](C(C)C)[C@H]3C=C(CO)CO)[C@@H]3CC[C@H]2C3(C)C)S(=O)(=O)c2ccccc2)c1. The van der Waals surface area contributed by atoms with Gasteiger partial charge in [0, 0.05) is 18.3 Å². The summed E-state index contributed by atoms with van der Waals surface area (Å²) >= 11 is 0. The van der Waals surface area contributed by atoms with Crippen LogP contribution in [-0.4, -0.2) is 55.7 Å². The first-order valence-corrected chi connectivity index (χ1v) is 18.0. The van der Waals surface area contributed by atoms with Gasteiger partial charge in [0.2, 0.25) is 0 Å². The van der Waals surface area contributed by atoms with Gasteiger partial charge in [-0.3, -0.25) is 13.9 Å². The Balaban J connectivity index is 1.61. The molecule has 7 atom stereocenters. The summed E-state index contributed by atoms with van der Waals surface area (Å²) in [4.78, 5) is 28.0. The summed E-state index contributed by atoms with van der Waals surface area (Å²) in [5.41, 5.74) is 2.41. The van der Waals surface area contributed by atoms with Gasteiger partial charge in [-0.2, -0.15) is 0 Å². The Morgan fingerprint density at radius 1 is 1.00 bits per heavy atom. The summed E-state index contributed by atoms with van der Waals surface area (Å²) < 4.78 is 37.3. The number of aliphatic hydroxyl groups excluding tert-OH is 2. The number of allylic oxidation sites excluding steroid dienone is 1. The van der Waals surface area contributed by atoms with Crippen LogP contribution in [0.5, 0.6) is 0 Å². The number of nitrogens with zero attached hydrogens (tertiary/aromatic N) is 1. The number of fused-ring (bicyclic) bond motifs is 2. The first-order chi connectivity index (χ1) is 21.7. The van der Waals surface area contributed by atoms with Crippen LogP contribution in [0.15, 0.2) is 65.1 Å². The van der Waals surface area contributed by atoms with Crippen molar-refractivity contribution in [1.29, 1.82) is 0 Å². The van der Waals surface area contributed by atoms with E-state index in [0.717, 1.165) is 24.0 Å². The highest BCUT2D eigenvalue weighted by atomic mass is 32.2. The molecule has 0 unspecified atom stereocenters. The molecule has 2 N–H and O–H groups in total. The van der Waals surface area contributed by atoms with E-state index in [0.29, 0.717) is 17.7 Å². The summed E-state index contributed by atoms with van der Waals surface area (Å²) in [5, 5.41) is 19.7. The molecule has 0 amide bonds. The quantitative estimate of drug-likeness (QED) is 0.194. The lowest BCUT2D eigenvalue weighted by molar-refractivity contribution is -0.164. The van der Waals surface area contributed by atoms with Gasteiger partial charge in [0.15, 0.2) is 0 Å². The molecule has 3 aliphatic rings. The average Bonchev–Trinajstić information content (AvgIpc) is 3.40. The maximum atomic E-state index is 14.6. The number of hydrogen-bond acceptors (Lipinski definition) is 7. The molecular weight excluding hydrogens is 602 g/mol. The van der Waals surface area contributed by atoms with Crippen LogP contribution in [0.1, 0.15) is 64.5 Å². The summed E-state index contributed by atoms with van der Waals surface area (Å²) in [6, 6.07) is 13.4. The Hall–Kier alpha value is -3.01. The summed E-state index contributed by atoms with van der Waals surface area (Å²) in [5.74, 6) is -2.59. The van der Waals surface area contributed by atoms with Gasteiger partial charge in [-0.05, 0) is 97.2 Å². The Kier molecular flexibility index (Phi) is 9.88. The Morgan fingerprint density at radius 3 is 2.20 bits per heavy atom. The molecule has 5 rings (SSSR count). The maximum absolute atomic E-state index is 14.6. The van der Waals surface area contributed by atoms with Gasteiger partial charge < -0.3 is 14.9 Å². The molecule has 2 aromatic rings. The van der Waals surface area contributed by atoms with Crippen LogP contribution in [0, 0.1) is 54.8 Å². The summed E-state index contributed by atoms with van der Waals surface area (Å²) in [7, 11) is -4.09. The van der Waals surface area contributed by atoms with E-state index in [-0.39, 0.29) is 59.4 Å². The number of aliphatic hydroxyl groups is 2. The number of carbonyl (C=O) groups excluding carboxylic acids is 2.